The summed E-state index contributed by atoms with van der Waals surface area (Å²) in [7, 11) is 0. The summed E-state index contributed by atoms with van der Waals surface area (Å²) in [6, 6.07) is 5.94. The molecule has 1 aromatic rings. The number of hydrogen-bond donors (Lipinski definition) is 2. The van der Waals surface area contributed by atoms with E-state index in [2.05, 4.69) is 5.16 Å². The molecule has 0 amide bonds. The lowest BCUT2D eigenvalue weighted by Crippen LogP contribution is -2.16. The molecule has 0 aliphatic rings. The largest absolute Gasteiger partial charge is 0.411 e. The summed E-state index contributed by atoms with van der Waals surface area (Å²) in [6.07, 6.45) is 0. The van der Waals surface area contributed by atoms with Crippen molar-refractivity contribution >= 4 is 5.71 Å². The molecule has 0 bridgehead atoms. The van der Waals surface area contributed by atoms with E-state index in [9.17, 15) is 0 Å². The van der Waals surface area contributed by atoms with E-state index in [1.807, 2.05) is 32.0 Å². The van der Waals surface area contributed by atoms with Crippen molar-refractivity contribution in [2.45, 2.75) is 13.8 Å². The number of rotatable bonds is 2. The van der Waals surface area contributed by atoms with Gasteiger partial charge in [0.15, 0.2) is 0 Å². The van der Waals surface area contributed by atoms with Gasteiger partial charge in [-0.3, -0.25) is 0 Å². The molecule has 0 aliphatic heterocycles. The third-order valence-corrected chi connectivity index (χ3v) is 2.01. The SMILES string of the molecule is Cc1ccc(/C(CN)=N\O)c(C)c1. The highest BCUT2D eigenvalue weighted by Gasteiger charge is 2.04. The molecule has 1 rings (SSSR count). The fourth-order valence-corrected chi connectivity index (χ4v) is 1.34. The first-order valence-corrected chi connectivity index (χ1v) is 4.17. The van der Waals surface area contributed by atoms with Crippen molar-refractivity contribution in [3.8, 4) is 0 Å². The van der Waals surface area contributed by atoms with E-state index in [1.165, 1.54) is 5.56 Å². The van der Waals surface area contributed by atoms with E-state index in [0.717, 1.165) is 11.1 Å². The van der Waals surface area contributed by atoms with E-state index in [1.54, 1.807) is 0 Å². The Kier molecular flexibility index (Phi) is 3.03. The Morgan fingerprint density at radius 2 is 2.15 bits per heavy atom. The van der Waals surface area contributed by atoms with E-state index in [0.29, 0.717) is 5.71 Å². The van der Waals surface area contributed by atoms with E-state index in [4.69, 9.17) is 10.9 Å². The quantitative estimate of drug-likeness (QED) is 0.409. The molecule has 70 valence electrons. The third-order valence-electron chi connectivity index (χ3n) is 2.01. The van der Waals surface area contributed by atoms with Crippen LogP contribution >= 0.6 is 0 Å². The Balaban J connectivity index is 3.15. The predicted octanol–water partition coefficient (Wildman–Crippen LogP) is 1.44. The van der Waals surface area contributed by atoms with Crippen LogP contribution in [-0.4, -0.2) is 17.5 Å². The topological polar surface area (TPSA) is 58.6 Å². The Labute approximate surface area is 77.9 Å². The van der Waals surface area contributed by atoms with Gasteiger partial charge >= 0.3 is 0 Å². The lowest BCUT2D eigenvalue weighted by Gasteiger charge is -2.06. The molecule has 1 aromatic carbocycles. The van der Waals surface area contributed by atoms with Crippen molar-refractivity contribution in [3.63, 3.8) is 0 Å². The van der Waals surface area contributed by atoms with Gasteiger partial charge in [0.25, 0.3) is 0 Å². The molecule has 0 atom stereocenters. The Morgan fingerprint density at radius 3 is 2.62 bits per heavy atom. The van der Waals surface area contributed by atoms with Gasteiger partial charge in [-0.25, -0.2) is 0 Å². The first-order chi connectivity index (χ1) is 6.19. The standard InChI is InChI=1S/C10H14N2O/c1-7-3-4-9(8(2)5-7)10(6-11)12-13/h3-5,13H,6,11H2,1-2H3/b12-10-. The van der Waals surface area contributed by atoms with E-state index >= 15 is 0 Å². The van der Waals surface area contributed by atoms with Gasteiger partial charge in [-0.2, -0.15) is 0 Å². The minimum Gasteiger partial charge on any atom is -0.411 e. The monoisotopic (exact) mass is 178 g/mol. The second kappa shape index (κ2) is 4.05. The van der Waals surface area contributed by atoms with Gasteiger partial charge in [-0.1, -0.05) is 28.9 Å². The van der Waals surface area contributed by atoms with Gasteiger partial charge in [0.05, 0.1) is 0 Å². The summed E-state index contributed by atoms with van der Waals surface area (Å²) in [5.74, 6) is 0. The van der Waals surface area contributed by atoms with Crippen LogP contribution in [0.2, 0.25) is 0 Å². The molecular weight excluding hydrogens is 164 g/mol. The molecule has 3 N–H and O–H groups in total. The zero-order chi connectivity index (χ0) is 9.84. The zero-order valence-electron chi connectivity index (χ0n) is 7.91. The number of nitrogens with zero attached hydrogens (tertiary/aromatic N) is 1. The van der Waals surface area contributed by atoms with Crippen molar-refractivity contribution in [2.24, 2.45) is 10.9 Å². The molecule has 13 heavy (non-hydrogen) atoms. The normalized spacial score (nSPS) is 11.8. The lowest BCUT2D eigenvalue weighted by molar-refractivity contribution is 0.318. The van der Waals surface area contributed by atoms with Crippen LogP contribution in [0.1, 0.15) is 16.7 Å². The predicted molar refractivity (Wildman–Crippen MR) is 53.3 cm³/mol. The van der Waals surface area contributed by atoms with Crippen LogP contribution in [-0.2, 0) is 0 Å². The van der Waals surface area contributed by atoms with Crippen LogP contribution in [0.5, 0.6) is 0 Å². The van der Waals surface area contributed by atoms with Crippen molar-refractivity contribution in [1.82, 2.24) is 0 Å². The Morgan fingerprint density at radius 1 is 1.46 bits per heavy atom. The first-order valence-electron chi connectivity index (χ1n) is 4.17. The van der Waals surface area contributed by atoms with Crippen molar-refractivity contribution in [2.75, 3.05) is 6.54 Å². The molecular formula is C10H14N2O. The number of oxime groups is 1. The van der Waals surface area contributed by atoms with Crippen LogP contribution in [0.15, 0.2) is 23.4 Å². The van der Waals surface area contributed by atoms with Gasteiger partial charge in [-0.05, 0) is 19.4 Å². The second-order valence-electron chi connectivity index (χ2n) is 3.07. The summed E-state index contributed by atoms with van der Waals surface area (Å²) < 4.78 is 0. The molecule has 0 radical (unpaired) electrons. The molecule has 0 heterocycles. The highest BCUT2D eigenvalue weighted by molar-refractivity contribution is 6.02. The van der Waals surface area contributed by atoms with Gasteiger partial charge in [0, 0.05) is 12.1 Å². The highest BCUT2D eigenvalue weighted by Crippen LogP contribution is 2.11. The molecule has 0 spiro atoms. The molecule has 0 saturated heterocycles. The zero-order valence-corrected chi connectivity index (χ0v) is 7.91. The minimum atomic E-state index is 0.250. The van der Waals surface area contributed by atoms with Crippen LogP contribution in [0.3, 0.4) is 0 Å². The fraction of sp³-hybridized carbons (Fsp3) is 0.300. The van der Waals surface area contributed by atoms with E-state index < -0.39 is 0 Å². The van der Waals surface area contributed by atoms with Crippen molar-refractivity contribution in [3.05, 3.63) is 34.9 Å². The van der Waals surface area contributed by atoms with Crippen LogP contribution < -0.4 is 5.73 Å². The van der Waals surface area contributed by atoms with Gasteiger partial charge < -0.3 is 10.9 Å². The number of aryl methyl sites for hydroxylation is 2. The molecule has 0 aromatic heterocycles. The minimum absolute atomic E-state index is 0.250. The second-order valence-corrected chi connectivity index (χ2v) is 3.07. The number of benzene rings is 1. The summed E-state index contributed by atoms with van der Waals surface area (Å²) in [5.41, 5.74) is 9.14. The van der Waals surface area contributed by atoms with Crippen LogP contribution in [0.4, 0.5) is 0 Å². The van der Waals surface area contributed by atoms with Gasteiger partial charge in [0.1, 0.15) is 5.71 Å². The molecule has 0 unspecified atom stereocenters. The van der Waals surface area contributed by atoms with Gasteiger partial charge in [0.2, 0.25) is 0 Å². The summed E-state index contributed by atoms with van der Waals surface area (Å²) in [5, 5.41) is 11.8. The van der Waals surface area contributed by atoms with Crippen LogP contribution in [0, 0.1) is 13.8 Å². The van der Waals surface area contributed by atoms with Crippen molar-refractivity contribution < 1.29 is 5.21 Å². The molecule has 0 fully saturated rings. The highest BCUT2D eigenvalue weighted by atomic mass is 16.4. The van der Waals surface area contributed by atoms with Crippen LogP contribution in [0.25, 0.3) is 0 Å². The summed E-state index contributed by atoms with van der Waals surface area (Å²) >= 11 is 0. The summed E-state index contributed by atoms with van der Waals surface area (Å²) in [4.78, 5) is 0. The first kappa shape index (κ1) is 9.74. The lowest BCUT2D eigenvalue weighted by atomic mass is 10.0. The molecule has 3 heteroatoms. The number of nitrogens with two attached hydrogens (primary N) is 1. The Hall–Kier alpha value is -1.35. The average Bonchev–Trinajstić information content (AvgIpc) is 2.10. The maximum Gasteiger partial charge on any atom is 0.101 e. The number of hydrogen-bond acceptors (Lipinski definition) is 3. The molecule has 0 saturated carbocycles. The molecule has 3 nitrogen and oxygen atoms in total. The maximum atomic E-state index is 8.68. The van der Waals surface area contributed by atoms with Gasteiger partial charge in [-0.15, -0.1) is 0 Å². The third kappa shape index (κ3) is 2.06. The Bertz CT molecular complexity index is 332. The smallest absolute Gasteiger partial charge is 0.101 e. The van der Waals surface area contributed by atoms with Crippen molar-refractivity contribution in [1.29, 1.82) is 0 Å². The summed E-state index contributed by atoms with van der Waals surface area (Å²) in [6.45, 7) is 4.25. The molecule has 0 aliphatic carbocycles. The average molecular weight is 178 g/mol. The maximum absolute atomic E-state index is 8.68. The van der Waals surface area contributed by atoms with E-state index in [-0.39, 0.29) is 6.54 Å². The fourth-order valence-electron chi connectivity index (χ4n) is 1.34.